The second-order valence-electron chi connectivity index (χ2n) is 7.64. The third kappa shape index (κ3) is 3.16. The maximum absolute atomic E-state index is 12.9. The predicted molar refractivity (Wildman–Crippen MR) is 105 cm³/mol. The Morgan fingerprint density at radius 1 is 1.28 bits per heavy atom. The van der Waals surface area contributed by atoms with Crippen molar-refractivity contribution in [1.29, 1.82) is 0 Å². The molecule has 10 heteroatoms. The van der Waals surface area contributed by atoms with E-state index in [9.17, 15) is 9.59 Å². The van der Waals surface area contributed by atoms with Gasteiger partial charge in [0.2, 0.25) is 5.91 Å². The molecule has 148 valence electrons. The smallest absolute Gasteiger partial charge is 0.293 e. The van der Waals surface area contributed by atoms with Crippen molar-refractivity contribution >= 4 is 22.8 Å². The molecule has 1 fully saturated rings. The first-order valence-corrected chi connectivity index (χ1v) is 9.59. The number of nitrogens with one attached hydrogen (secondary N) is 1. The highest BCUT2D eigenvalue weighted by atomic mass is 16.2. The number of pyridine rings is 1. The number of hydrogen-bond donors (Lipinski definition) is 1. The van der Waals surface area contributed by atoms with E-state index < -0.39 is 0 Å². The lowest BCUT2D eigenvalue weighted by Gasteiger charge is -2.12. The molecule has 0 atom stereocenters. The van der Waals surface area contributed by atoms with Gasteiger partial charge in [-0.1, -0.05) is 13.8 Å². The summed E-state index contributed by atoms with van der Waals surface area (Å²) in [6, 6.07) is 5.32. The Hall–Kier alpha value is -3.56. The first-order chi connectivity index (χ1) is 14.0. The molecule has 29 heavy (non-hydrogen) atoms. The molecule has 1 aliphatic rings. The van der Waals surface area contributed by atoms with Crippen LogP contribution in [0.5, 0.6) is 0 Å². The molecule has 4 heterocycles. The van der Waals surface area contributed by atoms with Crippen molar-refractivity contribution in [3.63, 3.8) is 0 Å². The van der Waals surface area contributed by atoms with Gasteiger partial charge in [-0.25, -0.2) is 18.7 Å². The molecular weight excluding hydrogens is 372 g/mol. The summed E-state index contributed by atoms with van der Waals surface area (Å²) in [5, 5.41) is 15.9. The monoisotopic (exact) mass is 392 g/mol. The zero-order valence-electron chi connectivity index (χ0n) is 16.1. The molecule has 1 N–H and O–H groups in total. The van der Waals surface area contributed by atoms with Gasteiger partial charge in [-0.2, -0.15) is 15.3 Å². The van der Waals surface area contributed by atoms with Crippen LogP contribution in [-0.4, -0.2) is 39.9 Å². The Morgan fingerprint density at radius 3 is 2.86 bits per heavy atom. The fraction of sp³-hybridized carbons (Fsp3) is 0.368. The summed E-state index contributed by atoms with van der Waals surface area (Å²) < 4.78 is 4.41. The average Bonchev–Trinajstić information content (AvgIpc) is 3.26. The first-order valence-electron chi connectivity index (χ1n) is 9.59. The lowest BCUT2D eigenvalue weighted by atomic mass is 10.2. The molecule has 5 rings (SSSR count). The second kappa shape index (κ2) is 6.50. The Labute approximate surface area is 165 Å². The molecule has 0 radical (unpaired) electrons. The fourth-order valence-electron chi connectivity index (χ4n) is 3.34. The van der Waals surface area contributed by atoms with Gasteiger partial charge in [-0.3, -0.25) is 9.59 Å². The third-order valence-electron chi connectivity index (χ3n) is 4.99. The number of hydrogen-bond acceptors (Lipinski definition) is 6. The van der Waals surface area contributed by atoms with Crippen LogP contribution in [-0.2, 0) is 11.3 Å². The molecule has 0 unspecified atom stereocenters. The van der Waals surface area contributed by atoms with Crippen LogP contribution >= 0.6 is 0 Å². The van der Waals surface area contributed by atoms with Crippen LogP contribution in [0.15, 0.2) is 35.5 Å². The number of aromatic nitrogens is 7. The van der Waals surface area contributed by atoms with Crippen molar-refractivity contribution < 1.29 is 4.79 Å². The lowest BCUT2D eigenvalue weighted by molar-refractivity contribution is -0.117. The molecule has 0 bridgehead atoms. The number of carbonyl (C=O) groups excluding carboxylic acids is 1. The Bertz CT molecular complexity index is 1290. The Morgan fingerprint density at radius 2 is 2.10 bits per heavy atom. The quantitative estimate of drug-likeness (QED) is 0.552. The summed E-state index contributed by atoms with van der Waals surface area (Å²) in [6.45, 7) is 3.79. The standard InChI is InChI=1S/C19H20N8O2/c1-11(2)18-24-26(19(29)15-7-14(12-3-4-12)23-27(15)18)9-17(28)22-13-5-6-16-20-10-21-25(16)8-13/h5-8,10-12H,3-4,9H2,1-2H3,(H,22,28). The second-order valence-corrected chi connectivity index (χ2v) is 7.64. The van der Waals surface area contributed by atoms with E-state index in [4.69, 9.17) is 0 Å². The molecule has 1 amide bonds. The van der Waals surface area contributed by atoms with E-state index in [-0.39, 0.29) is 23.9 Å². The number of nitrogens with zero attached hydrogens (tertiary/aromatic N) is 7. The Kier molecular flexibility index (Phi) is 3.93. The zero-order valence-corrected chi connectivity index (χ0v) is 16.1. The highest BCUT2D eigenvalue weighted by Gasteiger charge is 2.28. The molecule has 0 spiro atoms. The van der Waals surface area contributed by atoms with Crippen molar-refractivity contribution in [2.45, 2.75) is 45.1 Å². The van der Waals surface area contributed by atoms with Gasteiger partial charge in [0.1, 0.15) is 18.4 Å². The van der Waals surface area contributed by atoms with Crippen molar-refractivity contribution in [2.24, 2.45) is 0 Å². The average molecular weight is 392 g/mol. The summed E-state index contributed by atoms with van der Waals surface area (Å²) in [5.74, 6) is 0.787. The number of rotatable bonds is 5. The maximum atomic E-state index is 12.9. The van der Waals surface area contributed by atoms with E-state index in [1.165, 1.54) is 11.0 Å². The highest BCUT2D eigenvalue weighted by molar-refractivity contribution is 5.90. The molecular formula is C19H20N8O2. The van der Waals surface area contributed by atoms with Crippen LogP contribution in [0.4, 0.5) is 5.69 Å². The third-order valence-corrected chi connectivity index (χ3v) is 4.99. The van der Waals surface area contributed by atoms with Gasteiger partial charge in [0, 0.05) is 11.8 Å². The van der Waals surface area contributed by atoms with E-state index in [1.807, 2.05) is 19.9 Å². The molecule has 0 saturated heterocycles. The fourth-order valence-corrected chi connectivity index (χ4v) is 3.34. The molecule has 0 aromatic carbocycles. The van der Waals surface area contributed by atoms with Crippen LogP contribution in [0.2, 0.25) is 0 Å². The van der Waals surface area contributed by atoms with Gasteiger partial charge in [0.15, 0.2) is 11.5 Å². The number of anilines is 1. The van der Waals surface area contributed by atoms with E-state index in [0.717, 1.165) is 18.5 Å². The largest absolute Gasteiger partial charge is 0.323 e. The SMILES string of the molecule is CC(C)c1nn(CC(=O)Nc2ccc3ncnn3c2)c(=O)c2cc(C3CC3)nn12. The topological polar surface area (TPSA) is 111 Å². The maximum Gasteiger partial charge on any atom is 0.293 e. The lowest BCUT2D eigenvalue weighted by Crippen LogP contribution is -2.32. The minimum atomic E-state index is -0.347. The van der Waals surface area contributed by atoms with E-state index in [0.29, 0.717) is 28.6 Å². The minimum Gasteiger partial charge on any atom is -0.323 e. The van der Waals surface area contributed by atoms with Crippen molar-refractivity contribution in [3.05, 3.63) is 52.6 Å². The zero-order chi connectivity index (χ0) is 20.1. The molecule has 4 aromatic rings. The highest BCUT2D eigenvalue weighted by Crippen LogP contribution is 2.39. The van der Waals surface area contributed by atoms with Crippen molar-refractivity contribution in [1.82, 2.24) is 34.0 Å². The van der Waals surface area contributed by atoms with Gasteiger partial charge in [-0.05, 0) is 31.0 Å². The number of amides is 1. The Balaban J connectivity index is 1.46. The van der Waals surface area contributed by atoms with Crippen LogP contribution in [0.25, 0.3) is 11.2 Å². The van der Waals surface area contributed by atoms with Gasteiger partial charge in [0.25, 0.3) is 5.56 Å². The molecule has 1 saturated carbocycles. The van der Waals surface area contributed by atoms with Crippen LogP contribution in [0.3, 0.4) is 0 Å². The van der Waals surface area contributed by atoms with Gasteiger partial charge in [-0.15, -0.1) is 0 Å². The van der Waals surface area contributed by atoms with Gasteiger partial charge < -0.3 is 5.32 Å². The normalized spacial score (nSPS) is 14.2. The minimum absolute atomic E-state index is 0.0501. The van der Waals surface area contributed by atoms with Crippen LogP contribution in [0, 0.1) is 0 Å². The molecule has 1 aliphatic carbocycles. The summed E-state index contributed by atoms with van der Waals surface area (Å²) in [4.78, 5) is 29.6. The molecule has 0 aliphatic heterocycles. The summed E-state index contributed by atoms with van der Waals surface area (Å²) in [6.07, 6.45) is 5.30. The van der Waals surface area contributed by atoms with E-state index in [2.05, 4.69) is 25.6 Å². The summed E-state index contributed by atoms with van der Waals surface area (Å²) >= 11 is 0. The molecule has 10 nitrogen and oxygen atoms in total. The van der Waals surface area contributed by atoms with Gasteiger partial charge in [0.05, 0.1) is 17.6 Å². The summed E-state index contributed by atoms with van der Waals surface area (Å²) in [5.41, 5.74) is 2.30. The number of fused-ring (bicyclic) bond motifs is 2. The number of carbonyl (C=O) groups is 1. The van der Waals surface area contributed by atoms with Crippen LogP contribution in [0.1, 0.15) is 50.0 Å². The van der Waals surface area contributed by atoms with Gasteiger partial charge >= 0.3 is 0 Å². The van der Waals surface area contributed by atoms with Crippen LogP contribution < -0.4 is 10.9 Å². The van der Waals surface area contributed by atoms with E-state index >= 15 is 0 Å². The molecule has 4 aromatic heterocycles. The van der Waals surface area contributed by atoms with E-state index in [1.54, 1.807) is 27.4 Å². The first kappa shape index (κ1) is 17.5. The van der Waals surface area contributed by atoms with Crippen molar-refractivity contribution in [2.75, 3.05) is 5.32 Å². The predicted octanol–water partition coefficient (Wildman–Crippen LogP) is 1.57. The van der Waals surface area contributed by atoms with Crippen molar-refractivity contribution in [3.8, 4) is 0 Å². The summed E-state index contributed by atoms with van der Waals surface area (Å²) in [7, 11) is 0.